The molecule has 154 valence electrons. The van der Waals surface area contributed by atoms with Crippen LogP contribution in [-0.4, -0.2) is 22.8 Å². The number of allylic oxidation sites excluding steroid dienone is 2. The summed E-state index contributed by atoms with van der Waals surface area (Å²) < 4.78 is 133. The van der Waals surface area contributed by atoms with Crippen LogP contribution in [0.4, 0.5) is 0 Å². The number of amides is 2. The van der Waals surface area contributed by atoms with Gasteiger partial charge in [-0.15, -0.1) is 5.06 Å². The fraction of sp³-hybridized carbons (Fsp3) is 0.773. The van der Waals surface area contributed by atoms with Gasteiger partial charge in [0.2, 0.25) is 0 Å². The van der Waals surface area contributed by atoms with Gasteiger partial charge in [-0.05, 0) is 32.0 Å². The van der Waals surface area contributed by atoms with Crippen LogP contribution in [0.5, 0.6) is 0 Å². The molecule has 5 nitrogen and oxygen atoms in total. The van der Waals surface area contributed by atoms with Crippen LogP contribution in [0, 0.1) is 0 Å². The SMILES string of the molecule is [2H]C([2H])([2H])C([2H])([2H])C([2H])([2H])C([2H])([2H])C([2H])([2H])C([2H])([2H])C([2H])([2H])C([2H])([2H])/C=C\CCCCCCCC(=O)ON1C(=O)CCC1=O. The molecule has 0 aromatic rings. The molecule has 1 aliphatic heterocycles. The summed E-state index contributed by atoms with van der Waals surface area (Å²) in [4.78, 5) is 39.4. The number of nitrogens with zero attached hydrogens (tertiary/aromatic N) is 1. The van der Waals surface area contributed by atoms with E-state index in [9.17, 15) is 14.4 Å². The molecule has 0 radical (unpaired) electrons. The Morgan fingerprint density at radius 1 is 1.00 bits per heavy atom. The van der Waals surface area contributed by atoms with Gasteiger partial charge in [0.05, 0.1) is 0 Å². The summed E-state index contributed by atoms with van der Waals surface area (Å²) in [5, 5.41) is 0.462. The second kappa shape index (κ2) is 15.4. The molecule has 0 aromatic heterocycles. The topological polar surface area (TPSA) is 63.7 Å². The standard InChI is InChI=1S/C22H37NO4/c1-2-3-4-5-6-7-8-9-10-11-12-13-14-15-16-17-22(26)27-23-20(24)18-19-21(23)25/h9-10H,2-8,11-19H2,1H3/b10-9-/i1D3,2D2,3D2,4D2,5D2,6D2,7D2,8D2. The maximum atomic E-state index is 11.8. The fourth-order valence-corrected chi connectivity index (χ4v) is 2.21. The van der Waals surface area contributed by atoms with Gasteiger partial charge in [0, 0.05) is 42.6 Å². The number of unbranched alkanes of at least 4 members (excludes halogenated alkanes) is 5. The van der Waals surface area contributed by atoms with Crippen molar-refractivity contribution in [2.45, 2.75) is 109 Å². The van der Waals surface area contributed by atoms with Gasteiger partial charge in [-0.25, -0.2) is 4.79 Å². The van der Waals surface area contributed by atoms with Gasteiger partial charge in [0.1, 0.15) is 0 Å². The van der Waals surface area contributed by atoms with Gasteiger partial charge >= 0.3 is 5.97 Å². The Bertz CT molecular complexity index is 1070. The first-order valence-corrected chi connectivity index (χ1v) is 8.79. The van der Waals surface area contributed by atoms with Crippen molar-refractivity contribution >= 4 is 17.8 Å². The second-order valence-electron chi connectivity index (χ2n) is 5.65. The van der Waals surface area contributed by atoms with E-state index < -0.39 is 69.2 Å². The first-order chi connectivity index (χ1) is 19.5. The lowest BCUT2D eigenvalue weighted by Crippen LogP contribution is -2.31. The normalized spacial score (nSPS) is 28.0. The van der Waals surface area contributed by atoms with Gasteiger partial charge in [-0.1, -0.05) is 70.1 Å². The van der Waals surface area contributed by atoms with Crippen molar-refractivity contribution in [2.24, 2.45) is 0 Å². The van der Waals surface area contributed by atoms with Crippen LogP contribution in [0.1, 0.15) is 133 Å². The van der Waals surface area contributed by atoms with Crippen LogP contribution in [0.2, 0.25) is 0 Å². The van der Waals surface area contributed by atoms with Crippen LogP contribution in [0.3, 0.4) is 0 Å². The van der Waals surface area contributed by atoms with E-state index in [1.807, 2.05) is 0 Å². The molecule has 27 heavy (non-hydrogen) atoms. The van der Waals surface area contributed by atoms with Crippen molar-refractivity contribution in [3.8, 4) is 0 Å². The van der Waals surface area contributed by atoms with Gasteiger partial charge in [0.25, 0.3) is 11.8 Å². The first kappa shape index (κ1) is 8.38. The minimum absolute atomic E-state index is 0.0147. The lowest BCUT2D eigenvalue weighted by Gasteiger charge is -2.12. The number of carbonyl (C=O) groups is 3. The predicted molar refractivity (Wildman–Crippen MR) is 107 cm³/mol. The Hall–Kier alpha value is -1.65. The van der Waals surface area contributed by atoms with E-state index in [-0.39, 0.29) is 25.7 Å². The molecular formula is C22H37NO4. The van der Waals surface area contributed by atoms with Crippen LogP contribution < -0.4 is 0 Å². The van der Waals surface area contributed by atoms with Crippen LogP contribution in [0.15, 0.2) is 12.2 Å². The number of hydroxylamine groups is 2. The maximum Gasteiger partial charge on any atom is 0.333 e. The summed E-state index contributed by atoms with van der Waals surface area (Å²) in [6.07, 6.45) is -23.6. The molecule has 0 unspecified atom stereocenters. The van der Waals surface area contributed by atoms with Gasteiger partial charge in [-0.2, -0.15) is 0 Å². The van der Waals surface area contributed by atoms with Crippen molar-refractivity contribution in [1.29, 1.82) is 0 Å². The van der Waals surface area contributed by atoms with E-state index in [0.29, 0.717) is 43.2 Å². The lowest BCUT2D eigenvalue weighted by molar-refractivity contribution is -0.197. The third-order valence-electron chi connectivity index (χ3n) is 3.54. The van der Waals surface area contributed by atoms with Gasteiger partial charge in [-0.3, -0.25) is 9.59 Å². The number of hydrogen-bond donors (Lipinski definition) is 0. The van der Waals surface area contributed by atoms with Crippen molar-refractivity contribution < 1.29 is 42.5 Å². The molecule has 5 heteroatoms. The van der Waals surface area contributed by atoms with Gasteiger partial charge < -0.3 is 4.84 Å². The Morgan fingerprint density at radius 3 is 2.44 bits per heavy atom. The predicted octanol–water partition coefficient (Wildman–Crippen LogP) is 5.63. The molecular weight excluding hydrogens is 342 g/mol. The van der Waals surface area contributed by atoms with E-state index in [1.54, 1.807) is 0 Å². The molecule has 1 fully saturated rings. The van der Waals surface area contributed by atoms with Crippen LogP contribution in [0.25, 0.3) is 0 Å². The number of imide groups is 1. The zero-order valence-corrected chi connectivity index (χ0v) is 15.1. The van der Waals surface area contributed by atoms with E-state index in [4.69, 9.17) is 28.1 Å². The molecule has 0 aromatic carbocycles. The summed E-state index contributed by atoms with van der Waals surface area (Å²) >= 11 is 0. The summed E-state index contributed by atoms with van der Waals surface area (Å²) in [5.74, 6) is -1.89. The smallest absolute Gasteiger partial charge is 0.330 e. The van der Waals surface area contributed by atoms with E-state index in [1.165, 1.54) is 6.08 Å². The molecule has 0 atom stereocenters. The number of hydrogen-bond acceptors (Lipinski definition) is 4. The van der Waals surface area contributed by atoms with Crippen molar-refractivity contribution in [2.75, 3.05) is 0 Å². The quantitative estimate of drug-likeness (QED) is 0.193. The zero-order chi connectivity index (χ0) is 34.8. The highest BCUT2D eigenvalue weighted by Crippen LogP contribution is 2.14. The van der Waals surface area contributed by atoms with Crippen molar-refractivity contribution in [3.05, 3.63) is 12.2 Å². The number of rotatable bonds is 16. The third kappa shape index (κ3) is 11.6. The fourth-order valence-electron chi connectivity index (χ4n) is 2.21. The molecule has 1 heterocycles. The number of carbonyl (C=O) groups excluding carboxylic acids is 3. The Labute approximate surface area is 188 Å². The highest BCUT2D eigenvalue weighted by Gasteiger charge is 2.32. The molecule has 1 rings (SSSR count). The van der Waals surface area contributed by atoms with Crippen LogP contribution >= 0.6 is 0 Å². The molecule has 0 saturated carbocycles. The molecule has 0 N–H and O–H groups in total. The molecule has 2 amide bonds. The Balaban J connectivity index is 2.78. The zero-order valence-electron chi connectivity index (χ0n) is 32.1. The Kier molecular flexibility index (Phi) is 4.78. The Morgan fingerprint density at radius 2 is 1.67 bits per heavy atom. The third-order valence-corrected chi connectivity index (χ3v) is 3.54. The molecule has 0 aliphatic carbocycles. The molecule has 0 bridgehead atoms. The monoisotopic (exact) mass is 396 g/mol. The average molecular weight is 397 g/mol. The largest absolute Gasteiger partial charge is 0.333 e. The minimum atomic E-state index is -4.31. The molecule has 1 aliphatic rings. The lowest BCUT2D eigenvalue weighted by atomic mass is 10.1. The summed E-state index contributed by atoms with van der Waals surface area (Å²) in [7, 11) is 0. The minimum Gasteiger partial charge on any atom is -0.330 e. The summed E-state index contributed by atoms with van der Waals surface area (Å²) in [6, 6.07) is 0. The summed E-state index contributed by atoms with van der Waals surface area (Å²) in [5.41, 5.74) is 0. The van der Waals surface area contributed by atoms with E-state index in [2.05, 4.69) is 0 Å². The van der Waals surface area contributed by atoms with Crippen LogP contribution in [-0.2, 0) is 19.2 Å². The van der Waals surface area contributed by atoms with Crippen molar-refractivity contribution in [3.63, 3.8) is 0 Å². The highest BCUT2D eigenvalue weighted by atomic mass is 16.7. The highest BCUT2D eigenvalue weighted by molar-refractivity contribution is 6.01. The van der Waals surface area contributed by atoms with E-state index >= 15 is 0 Å². The maximum absolute atomic E-state index is 11.8. The van der Waals surface area contributed by atoms with E-state index in [0.717, 1.165) is 0 Å². The molecule has 1 saturated heterocycles. The summed E-state index contributed by atoms with van der Waals surface area (Å²) in [6.45, 7) is -3.81. The first-order valence-electron chi connectivity index (χ1n) is 17.3. The molecule has 0 spiro atoms. The van der Waals surface area contributed by atoms with Gasteiger partial charge in [0.15, 0.2) is 0 Å². The average Bonchev–Trinajstić information content (AvgIpc) is 3.18. The van der Waals surface area contributed by atoms with Crippen molar-refractivity contribution in [1.82, 2.24) is 5.06 Å². The second-order valence-corrected chi connectivity index (χ2v) is 5.65.